The second-order valence-corrected chi connectivity index (χ2v) is 10.6. The van der Waals surface area contributed by atoms with Crippen molar-refractivity contribution in [2.45, 2.75) is 39.5 Å². The first kappa shape index (κ1) is 24.3. The highest BCUT2D eigenvalue weighted by Gasteiger charge is 2.14. The van der Waals surface area contributed by atoms with Crippen LogP contribution in [0.15, 0.2) is 97.1 Å². The molecule has 0 bridgehead atoms. The summed E-state index contributed by atoms with van der Waals surface area (Å²) in [7, 11) is 0. The van der Waals surface area contributed by atoms with E-state index in [1.54, 1.807) is 0 Å². The number of allylic oxidation sites excluding steroid dienone is 8. The summed E-state index contributed by atoms with van der Waals surface area (Å²) in [4.78, 5) is 20.0. The van der Waals surface area contributed by atoms with E-state index in [1.807, 2.05) is 6.92 Å². The Morgan fingerprint density at radius 3 is 1.85 bits per heavy atom. The van der Waals surface area contributed by atoms with E-state index in [0.717, 1.165) is 87.2 Å². The smallest absolute Gasteiger partial charge is 0.160 e. The molecule has 0 unspecified atom stereocenters. The SMILES string of the molecule is Cc1cc(C)c2ccc3ccc(-c4ccc(-c5nc(C6=CCCC=C6)cc(C6=CCCC=C6)n5)cc4)nc3c2n1. The molecular weight excluding hydrogens is 488 g/mol. The summed E-state index contributed by atoms with van der Waals surface area (Å²) in [5, 5.41) is 2.25. The second kappa shape index (κ2) is 10.1. The van der Waals surface area contributed by atoms with E-state index >= 15 is 0 Å². The summed E-state index contributed by atoms with van der Waals surface area (Å²) in [5.41, 5.74) is 11.4. The van der Waals surface area contributed by atoms with Gasteiger partial charge in [0.1, 0.15) is 0 Å². The zero-order valence-electron chi connectivity index (χ0n) is 22.9. The number of hydrogen-bond acceptors (Lipinski definition) is 4. The van der Waals surface area contributed by atoms with Gasteiger partial charge in [-0.15, -0.1) is 0 Å². The highest BCUT2D eigenvalue weighted by atomic mass is 14.9. The third kappa shape index (κ3) is 4.56. The van der Waals surface area contributed by atoms with Crippen LogP contribution in [0.25, 0.3) is 55.6 Å². The monoisotopic (exact) mass is 518 g/mol. The molecule has 0 fully saturated rings. The van der Waals surface area contributed by atoms with Gasteiger partial charge < -0.3 is 0 Å². The Morgan fingerprint density at radius 2 is 1.20 bits per heavy atom. The average molecular weight is 519 g/mol. The van der Waals surface area contributed by atoms with E-state index < -0.39 is 0 Å². The van der Waals surface area contributed by atoms with Crippen LogP contribution in [0.1, 0.15) is 48.3 Å². The Labute approximate surface area is 234 Å². The third-order valence-electron chi connectivity index (χ3n) is 7.72. The lowest BCUT2D eigenvalue weighted by molar-refractivity contribution is 1.03. The van der Waals surface area contributed by atoms with Gasteiger partial charge in [0.25, 0.3) is 0 Å². The molecule has 3 aromatic heterocycles. The molecule has 0 amide bonds. The number of pyridine rings is 2. The van der Waals surface area contributed by atoms with E-state index in [0.29, 0.717) is 0 Å². The van der Waals surface area contributed by atoms with Crippen LogP contribution in [0.4, 0.5) is 0 Å². The van der Waals surface area contributed by atoms with Crippen LogP contribution >= 0.6 is 0 Å². The molecule has 0 saturated carbocycles. The van der Waals surface area contributed by atoms with Gasteiger partial charge in [-0.25, -0.2) is 15.0 Å². The molecule has 4 nitrogen and oxygen atoms in total. The number of nitrogens with zero attached hydrogens (tertiary/aromatic N) is 4. The summed E-state index contributed by atoms with van der Waals surface area (Å²) in [6.45, 7) is 4.18. The minimum atomic E-state index is 0.742. The minimum absolute atomic E-state index is 0.742. The van der Waals surface area contributed by atoms with Gasteiger partial charge in [0, 0.05) is 27.6 Å². The predicted molar refractivity (Wildman–Crippen MR) is 166 cm³/mol. The van der Waals surface area contributed by atoms with Crippen molar-refractivity contribution < 1.29 is 0 Å². The molecule has 2 aromatic carbocycles. The van der Waals surface area contributed by atoms with Crippen molar-refractivity contribution in [3.63, 3.8) is 0 Å². The van der Waals surface area contributed by atoms with Crippen LogP contribution in [-0.4, -0.2) is 19.9 Å². The highest BCUT2D eigenvalue weighted by molar-refractivity contribution is 6.04. The Kier molecular flexibility index (Phi) is 6.16. The van der Waals surface area contributed by atoms with Crippen molar-refractivity contribution in [2.24, 2.45) is 0 Å². The van der Waals surface area contributed by atoms with Crippen molar-refractivity contribution in [1.29, 1.82) is 0 Å². The molecule has 3 heterocycles. The third-order valence-corrected chi connectivity index (χ3v) is 7.72. The fraction of sp³-hybridized carbons (Fsp3) is 0.167. The van der Waals surface area contributed by atoms with Gasteiger partial charge in [-0.05, 0) is 74.4 Å². The van der Waals surface area contributed by atoms with Gasteiger partial charge >= 0.3 is 0 Å². The Morgan fingerprint density at radius 1 is 0.550 bits per heavy atom. The number of fused-ring (bicyclic) bond motifs is 3. The molecule has 4 heteroatoms. The molecule has 2 aliphatic carbocycles. The quantitative estimate of drug-likeness (QED) is 0.223. The van der Waals surface area contributed by atoms with Crippen LogP contribution in [-0.2, 0) is 0 Å². The largest absolute Gasteiger partial charge is 0.251 e. The molecule has 7 rings (SSSR count). The molecule has 2 aliphatic rings. The molecule has 194 valence electrons. The first-order valence-corrected chi connectivity index (χ1v) is 14.0. The van der Waals surface area contributed by atoms with E-state index in [-0.39, 0.29) is 0 Å². The van der Waals surface area contributed by atoms with Crippen molar-refractivity contribution in [3.8, 4) is 22.6 Å². The van der Waals surface area contributed by atoms with Crippen LogP contribution in [0.2, 0.25) is 0 Å². The minimum Gasteiger partial charge on any atom is -0.251 e. The topological polar surface area (TPSA) is 51.6 Å². The van der Waals surface area contributed by atoms with Crippen LogP contribution in [0, 0.1) is 13.8 Å². The first-order chi connectivity index (χ1) is 19.6. The Bertz CT molecular complexity index is 1860. The van der Waals surface area contributed by atoms with E-state index in [2.05, 4.69) is 104 Å². The summed E-state index contributed by atoms with van der Waals surface area (Å²) < 4.78 is 0. The molecule has 0 atom stereocenters. The van der Waals surface area contributed by atoms with Crippen LogP contribution in [0.5, 0.6) is 0 Å². The molecule has 5 aromatic rings. The second-order valence-electron chi connectivity index (χ2n) is 10.6. The van der Waals surface area contributed by atoms with Gasteiger partial charge in [-0.2, -0.15) is 0 Å². The van der Waals surface area contributed by atoms with Gasteiger partial charge in [0.15, 0.2) is 5.82 Å². The first-order valence-electron chi connectivity index (χ1n) is 14.0. The Balaban J connectivity index is 1.29. The number of aromatic nitrogens is 4. The molecule has 0 spiro atoms. The zero-order chi connectivity index (χ0) is 27.1. The molecule has 0 N–H and O–H groups in total. The van der Waals surface area contributed by atoms with Gasteiger partial charge in [-0.1, -0.05) is 78.9 Å². The summed E-state index contributed by atoms with van der Waals surface area (Å²) in [6, 6.07) is 21.2. The summed E-state index contributed by atoms with van der Waals surface area (Å²) >= 11 is 0. The number of benzene rings is 2. The van der Waals surface area contributed by atoms with Crippen molar-refractivity contribution in [2.75, 3.05) is 0 Å². The fourth-order valence-corrected chi connectivity index (χ4v) is 5.63. The van der Waals surface area contributed by atoms with Crippen molar-refractivity contribution in [1.82, 2.24) is 19.9 Å². The molecule has 0 aliphatic heterocycles. The van der Waals surface area contributed by atoms with Crippen LogP contribution in [0.3, 0.4) is 0 Å². The van der Waals surface area contributed by atoms with Crippen molar-refractivity contribution >= 4 is 33.0 Å². The lowest BCUT2D eigenvalue weighted by Gasteiger charge is -2.13. The molecular formula is C36H30N4. The van der Waals surface area contributed by atoms with Gasteiger partial charge in [0.2, 0.25) is 0 Å². The number of rotatable bonds is 4. The average Bonchev–Trinajstić information content (AvgIpc) is 3.01. The lowest BCUT2D eigenvalue weighted by Crippen LogP contribution is -2.01. The maximum atomic E-state index is 5.08. The molecule has 0 saturated heterocycles. The van der Waals surface area contributed by atoms with Crippen molar-refractivity contribution in [3.05, 3.63) is 120 Å². The van der Waals surface area contributed by atoms with Crippen LogP contribution < -0.4 is 0 Å². The Hall–Kier alpha value is -4.70. The van der Waals surface area contributed by atoms with Gasteiger partial charge in [0.05, 0.1) is 28.1 Å². The summed E-state index contributed by atoms with van der Waals surface area (Å²) in [6.07, 6.45) is 17.6. The van der Waals surface area contributed by atoms with E-state index in [9.17, 15) is 0 Å². The maximum absolute atomic E-state index is 5.08. The highest BCUT2D eigenvalue weighted by Crippen LogP contribution is 2.31. The van der Waals surface area contributed by atoms with Gasteiger partial charge in [-0.3, -0.25) is 4.98 Å². The predicted octanol–water partition coefficient (Wildman–Crippen LogP) is 8.99. The fourth-order valence-electron chi connectivity index (χ4n) is 5.63. The molecule has 0 radical (unpaired) electrons. The standard InChI is InChI=1S/C36H30N4/c1-23-21-24(2)37-35-30(23)19-17-28-18-20-31(38-34(28)35)27-13-15-29(16-14-27)36-39-32(25-9-5-3-6-10-25)22-33(40-36)26-11-7-4-8-12-26/h5,7,9-22H,3-4,6,8H2,1-2H3. The number of aryl methyl sites for hydroxylation is 2. The zero-order valence-corrected chi connectivity index (χ0v) is 22.9. The molecule has 40 heavy (non-hydrogen) atoms. The normalized spacial score (nSPS) is 14.9. The van der Waals surface area contributed by atoms with E-state index in [4.69, 9.17) is 19.9 Å². The van der Waals surface area contributed by atoms with E-state index in [1.165, 1.54) is 16.7 Å². The lowest BCUT2D eigenvalue weighted by atomic mass is 9.99. The number of hydrogen-bond donors (Lipinski definition) is 0. The summed E-state index contributed by atoms with van der Waals surface area (Å²) in [5.74, 6) is 0.742. The maximum Gasteiger partial charge on any atom is 0.160 e.